The summed E-state index contributed by atoms with van der Waals surface area (Å²) in [6.07, 6.45) is 0. The van der Waals surface area contributed by atoms with Crippen molar-refractivity contribution in [2.75, 3.05) is 26.8 Å². The lowest BCUT2D eigenvalue weighted by Crippen LogP contribution is -2.34. The molecule has 10 heteroatoms. The van der Waals surface area contributed by atoms with E-state index in [2.05, 4.69) is 54.2 Å². The molecular weight excluding hydrogens is 635 g/mol. The molecule has 0 radical (unpaired) electrons. The fraction of sp³-hybridized carbons (Fsp3) is 0.375. The summed E-state index contributed by atoms with van der Waals surface area (Å²) in [6, 6.07) is 8.32. The highest BCUT2D eigenvalue weighted by Gasteiger charge is 2.16. The zero-order chi connectivity index (χ0) is 31.2. The van der Waals surface area contributed by atoms with Crippen LogP contribution in [-0.4, -0.2) is 44.0 Å². The number of aryl methyl sites for hydroxylation is 6. The predicted octanol–water partition coefficient (Wildman–Crippen LogP) is 7.89. The van der Waals surface area contributed by atoms with Crippen molar-refractivity contribution in [1.82, 2.24) is 0 Å². The normalized spacial score (nSPS) is 10.4. The summed E-state index contributed by atoms with van der Waals surface area (Å²) in [6.45, 7) is 18.1. The Kier molecular flexibility index (Phi) is 15.8. The van der Waals surface area contributed by atoms with Crippen molar-refractivity contribution >= 4 is 51.2 Å². The van der Waals surface area contributed by atoms with E-state index in [0.29, 0.717) is 32.3 Å². The van der Waals surface area contributed by atoms with Crippen LogP contribution in [0.4, 0.5) is 0 Å². The van der Waals surface area contributed by atoms with E-state index in [1.165, 1.54) is 27.8 Å². The molecule has 2 aromatic heterocycles. The first-order valence-electron chi connectivity index (χ1n) is 13.7. The molecule has 2 heterocycles. The number of hydrogen-bond acceptors (Lipinski definition) is 8. The summed E-state index contributed by atoms with van der Waals surface area (Å²) in [5.74, 6) is 1.76. The number of halogens is 1. The van der Waals surface area contributed by atoms with Crippen LogP contribution in [0.25, 0.3) is 11.1 Å². The minimum atomic E-state index is -1.36. The fourth-order valence-corrected chi connectivity index (χ4v) is 6.62. The van der Waals surface area contributed by atoms with Crippen LogP contribution in [0.1, 0.15) is 47.2 Å². The highest BCUT2D eigenvalue weighted by atomic mass is 79.9. The van der Waals surface area contributed by atoms with Gasteiger partial charge in [0.2, 0.25) is 0 Å². The topological polar surface area (TPSA) is 77.4 Å². The van der Waals surface area contributed by atoms with E-state index in [1.54, 1.807) is 22.7 Å². The van der Waals surface area contributed by atoms with Crippen molar-refractivity contribution in [3.8, 4) is 22.6 Å². The second-order valence-corrected chi connectivity index (χ2v) is 12.0. The molecule has 0 amide bonds. The second-order valence-electron chi connectivity index (χ2n) is 9.70. The lowest BCUT2D eigenvalue weighted by molar-refractivity contribution is 0.0222. The molecule has 0 saturated heterocycles. The Morgan fingerprint density at radius 3 is 1.57 bits per heavy atom. The summed E-state index contributed by atoms with van der Waals surface area (Å²) in [5, 5.41) is 26.2. The van der Waals surface area contributed by atoms with Gasteiger partial charge in [-0.25, -0.2) is 0 Å². The van der Waals surface area contributed by atoms with Crippen LogP contribution in [0.5, 0.6) is 11.5 Å². The highest BCUT2D eigenvalue weighted by molar-refractivity contribution is 9.10. The number of rotatable bonds is 10. The summed E-state index contributed by atoms with van der Waals surface area (Å²) in [5.41, 5.74) is 9.96. The van der Waals surface area contributed by atoms with Gasteiger partial charge in [-0.1, -0.05) is 46.5 Å². The molecule has 0 spiro atoms. The van der Waals surface area contributed by atoms with Gasteiger partial charge in [-0.2, -0.15) is 0 Å². The molecule has 228 valence electrons. The van der Waals surface area contributed by atoms with Gasteiger partial charge in [0.25, 0.3) is 0 Å². The van der Waals surface area contributed by atoms with Crippen molar-refractivity contribution in [2.45, 2.75) is 55.4 Å². The summed E-state index contributed by atoms with van der Waals surface area (Å²) in [4.78, 5) is 0. The van der Waals surface area contributed by atoms with Gasteiger partial charge in [0.05, 0.1) is 4.47 Å². The molecule has 2 N–H and O–H groups in total. The first-order valence-corrected chi connectivity index (χ1v) is 16.4. The quantitative estimate of drug-likeness (QED) is 0.101. The summed E-state index contributed by atoms with van der Waals surface area (Å²) < 4.78 is 22.2. The van der Waals surface area contributed by atoms with E-state index >= 15 is 0 Å². The Morgan fingerprint density at radius 1 is 0.667 bits per heavy atom. The van der Waals surface area contributed by atoms with E-state index < -0.39 is 7.12 Å². The molecule has 4 aromatic rings. The van der Waals surface area contributed by atoms with Crippen molar-refractivity contribution < 1.29 is 29.0 Å². The van der Waals surface area contributed by atoms with Crippen LogP contribution < -0.4 is 14.9 Å². The molecule has 42 heavy (non-hydrogen) atoms. The van der Waals surface area contributed by atoms with E-state index in [1.807, 2.05) is 62.9 Å². The smallest absolute Gasteiger partial charge is 0.466 e. The Labute approximate surface area is 267 Å². The Hall–Kier alpha value is -2.18. The molecule has 0 atom stereocenters. The Balaban J connectivity index is 0.000000233. The molecule has 0 aliphatic carbocycles. The molecule has 2 aromatic carbocycles. The summed E-state index contributed by atoms with van der Waals surface area (Å²) >= 11 is 6.61. The van der Waals surface area contributed by atoms with Gasteiger partial charge < -0.3 is 29.0 Å². The van der Waals surface area contributed by atoms with Crippen LogP contribution in [0.15, 0.2) is 50.3 Å². The third-order valence-electron chi connectivity index (χ3n) is 6.15. The number of ether oxygens (including phenoxy) is 4. The van der Waals surface area contributed by atoms with E-state index in [0.717, 1.165) is 32.7 Å². The SMILES string of the molecule is CCOCOc1cscc1-c1c(C)cc(C)cc1C.CCOCOc1cscc1Br.Cc1cc(C)c(B(O)O)c(C)c1. The molecule has 0 aliphatic rings. The molecule has 0 bridgehead atoms. The maximum Gasteiger partial charge on any atom is 0.488 e. The largest absolute Gasteiger partial charge is 0.488 e. The van der Waals surface area contributed by atoms with Crippen LogP contribution >= 0.6 is 38.6 Å². The predicted molar refractivity (Wildman–Crippen MR) is 181 cm³/mol. The van der Waals surface area contributed by atoms with Gasteiger partial charge in [-0.3, -0.25) is 0 Å². The van der Waals surface area contributed by atoms with Gasteiger partial charge in [0, 0.05) is 40.3 Å². The molecule has 4 rings (SSSR count). The maximum atomic E-state index is 9.03. The van der Waals surface area contributed by atoms with Crippen molar-refractivity contribution in [1.29, 1.82) is 0 Å². The standard InChI is InChI=1S/C16H20O2S.C9H13BO2.C7H9BrO2S/c1-5-17-10-18-15-9-19-8-14(15)16-12(3)6-11(2)7-13(16)4;1-6-4-7(2)9(10(11)12)8(3)5-6;1-2-9-5-10-7-4-11-3-6(7)8/h6-9H,5,10H2,1-4H3;4-5,11-12H,1-3H3;3-4H,2,5H2,1H3. The van der Waals surface area contributed by atoms with Crippen LogP contribution in [0.2, 0.25) is 0 Å². The third-order valence-corrected chi connectivity index (χ3v) is 8.52. The molecule has 0 saturated carbocycles. The molecule has 6 nitrogen and oxygen atoms in total. The maximum absolute atomic E-state index is 9.03. The lowest BCUT2D eigenvalue weighted by atomic mass is 9.74. The third kappa shape index (κ3) is 11.2. The average Bonchev–Trinajstić information content (AvgIpc) is 3.52. The first-order chi connectivity index (χ1) is 20.0. The van der Waals surface area contributed by atoms with Crippen molar-refractivity contribution in [2.24, 2.45) is 0 Å². The van der Waals surface area contributed by atoms with Crippen LogP contribution in [0, 0.1) is 41.5 Å². The second kappa shape index (κ2) is 18.5. The van der Waals surface area contributed by atoms with Crippen molar-refractivity contribution in [3.63, 3.8) is 0 Å². The van der Waals surface area contributed by atoms with Crippen molar-refractivity contribution in [3.05, 3.63) is 83.6 Å². The molecule has 0 aliphatic heterocycles. The highest BCUT2D eigenvalue weighted by Crippen LogP contribution is 2.38. The number of benzene rings is 2. The molecular formula is C32H42BBrO6S2. The van der Waals surface area contributed by atoms with Gasteiger partial charge in [-0.15, -0.1) is 22.7 Å². The Morgan fingerprint density at radius 2 is 1.12 bits per heavy atom. The Bertz CT molecular complexity index is 1340. The minimum absolute atomic E-state index is 0.310. The fourth-order valence-electron chi connectivity index (χ4n) is 4.53. The van der Waals surface area contributed by atoms with E-state index in [-0.39, 0.29) is 0 Å². The first kappa shape index (κ1) is 36.0. The van der Waals surface area contributed by atoms with Crippen LogP contribution in [-0.2, 0) is 9.47 Å². The van der Waals surface area contributed by atoms with Gasteiger partial charge in [-0.05, 0) is 93.5 Å². The number of thiophene rings is 2. The van der Waals surface area contributed by atoms with Crippen LogP contribution in [0.3, 0.4) is 0 Å². The lowest BCUT2D eigenvalue weighted by Gasteiger charge is -2.13. The number of hydrogen-bond donors (Lipinski definition) is 2. The zero-order valence-corrected chi connectivity index (χ0v) is 29.0. The summed E-state index contributed by atoms with van der Waals surface area (Å²) in [7, 11) is -1.36. The van der Waals surface area contributed by atoms with Gasteiger partial charge in [0.15, 0.2) is 13.6 Å². The molecule has 0 unspecified atom stereocenters. The monoisotopic (exact) mass is 676 g/mol. The van der Waals surface area contributed by atoms with Gasteiger partial charge >= 0.3 is 7.12 Å². The minimum Gasteiger partial charge on any atom is -0.466 e. The van der Waals surface area contributed by atoms with Gasteiger partial charge in [0.1, 0.15) is 11.5 Å². The van der Waals surface area contributed by atoms with E-state index in [4.69, 9.17) is 29.0 Å². The average molecular weight is 678 g/mol. The van der Waals surface area contributed by atoms with E-state index in [9.17, 15) is 0 Å². The zero-order valence-electron chi connectivity index (χ0n) is 25.7. The molecule has 0 fully saturated rings.